The van der Waals surface area contributed by atoms with Crippen molar-refractivity contribution in [1.29, 1.82) is 5.26 Å². The summed E-state index contributed by atoms with van der Waals surface area (Å²) < 4.78 is 4.78. The van der Waals surface area contributed by atoms with E-state index in [1.807, 2.05) is 12.1 Å². The SMILES string of the molecule is CC(C)(C)Cc1cc2ncnc3c4cc(-c5cccc6c5nc(-c5cc(C(C)(C)C)cc(C(C)(C)C)c5)n6-c5ccc(C(C)(C)C)cc5-c5ccccc5)cc5c6ccc(C#N)cc6n(c(c1)c23)c54. The van der Waals surface area contributed by atoms with Crippen molar-refractivity contribution in [2.45, 2.75) is 106 Å². The highest BCUT2D eigenvalue weighted by molar-refractivity contribution is 6.26. The summed E-state index contributed by atoms with van der Waals surface area (Å²) >= 11 is 0. The summed E-state index contributed by atoms with van der Waals surface area (Å²) in [7, 11) is 0. The van der Waals surface area contributed by atoms with E-state index in [1.54, 1.807) is 6.33 Å². The molecule has 11 rings (SSSR count). The van der Waals surface area contributed by atoms with Gasteiger partial charge in [0.15, 0.2) is 0 Å². The van der Waals surface area contributed by atoms with Crippen LogP contribution in [0, 0.1) is 16.7 Å². The number of rotatable bonds is 5. The third-order valence-electron chi connectivity index (χ3n) is 14.1. The average Bonchev–Trinajstić information content (AvgIpc) is 3.85. The van der Waals surface area contributed by atoms with Crippen LogP contribution >= 0.6 is 0 Å². The second-order valence-corrected chi connectivity index (χ2v) is 23.7. The fourth-order valence-electron chi connectivity index (χ4n) is 10.6. The highest BCUT2D eigenvalue weighted by atomic mass is 15.1. The van der Waals surface area contributed by atoms with Gasteiger partial charge in [0.1, 0.15) is 12.2 Å². The van der Waals surface area contributed by atoms with Gasteiger partial charge in [0.25, 0.3) is 0 Å². The van der Waals surface area contributed by atoms with Crippen molar-refractivity contribution in [2.24, 2.45) is 5.41 Å². The van der Waals surface area contributed by atoms with E-state index in [1.165, 1.54) is 22.3 Å². The van der Waals surface area contributed by atoms with Crippen LogP contribution in [0.4, 0.5) is 0 Å². The van der Waals surface area contributed by atoms with Crippen LogP contribution in [0.5, 0.6) is 0 Å². The fourth-order valence-corrected chi connectivity index (χ4v) is 10.6. The van der Waals surface area contributed by atoms with Crippen LogP contribution in [0.3, 0.4) is 0 Å². The maximum Gasteiger partial charge on any atom is 0.145 e. The van der Waals surface area contributed by atoms with Gasteiger partial charge in [-0.1, -0.05) is 144 Å². The van der Waals surface area contributed by atoms with Crippen LogP contribution < -0.4 is 0 Å². The maximum atomic E-state index is 10.2. The highest BCUT2D eigenvalue weighted by Crippen LogP contribution is 2.46. The van der Waals surface area contributed by atoms with E-state index >= 15 is 0 Å². The quantitative estimate of drug-likeness (QED) is 0.127. The summed E-state index contributed by atoms with van der Waals surface area (Å²) in [5.41, 5.74) is 19.0. The number of imidazole rings is 1. The smallest absolute Gasteiger partial charge is 0.145 e. The number of aromatic nitrogens is 5. The lowest BCUT2D eigenvalue weighted by atomic mass is 9.79. The van der Waals surface area contributed by atoms with Crippen molar-refractivity contribution >= 4 is 60.2 Å². The lowest BCUT2D eigenvalue weighted by Gasteiger charge is -2.26. The van der Waals surface area contributed by atoms with Gasteiger partial charge in [-0.3, -0.25) is 4.57 Å². The van der Waals surface area contributed by atoms with Gasteiger partial charge in [0.2, 0.25) is 0 Å². The highest BCUT2D eigenvalue weighted by Gasteiger charge is 2.28. The van der Waals surface area contributed by atoms with E-state index in [4.69, 9.17) is 15.0 Å². The van der Waals surface area contributed by atoms with Crippen LogP contribution in [-0.2, 0) is 22.7 Å². The number of nitriles is 1. The van der Waals surface area contributed by atoms with Crippen LogP contribution in [0.25, 0.3) is 99.5 Å². The minimum Gasteiger partial charge on any atom is -0.308 e. The predicted octanol–water partition coefficient (Wildman–Crippen LogP) is 16.5. The van der Waals surface area contributed by atoms with Crippen molar-refractivity contribution in [3.63, 3.8) is 0 Å². The molecule has 0 amide bonds. The first-order valence-corrected chi connectivity index (χ1v) is 24.4. The molecule has 0 fully saturated rings. The van der Waals surface area contributed by atoms with Crippen LogP contribution in [0.1, 0.15) is 111 Å². The number of hydrogen-bond donors (Lipinski definition) is 0. The second-order valence-electron chi connectivity index (χ2n) is 23.7. The molecule has 69 heavy (non-hydrogen) atoms. The maximum absolute atomic E-state index is 10.2. The Balaban J connectivity index is 1.26. The lowest BCUT2D eigenvalue weighted by Crippen LogP contribution is -2.17. The van der Waals surface area contributed by atoms with E-state index in [2.05, 4.69) is 213 Å². The van der Waals surface area contributed by atoms with Gasteiger partial charge in [0, 0.05) is 32.8 Å². The number of benzene rings is 7. The van der Waals surface area contributed by atoms with Gasteiger partial charge in [-0.2, -0.15) is 5.26 Å². The summed E-state index contributed by atoms with van der Waals surface area (Å²) in [5, 5.41) is 14.5. The van der Waals surface area contributed by atoms with Crippen molar-refractivity contribution in [2.75, 3.05) is 0 Å². The monoisotopic (exact) mass is 900 g/mol. The molecule has 0 saturated heterocycles. The normalized spacial score (nSPS) is 13.0. The summed E-state index contributed by atoms with van der Waals surface area (Å²) in [6.45, 7) is 27.5. The molecule has 4 aromatic heterocycles. The molecule has 0 bridgehead atoms. The minimum atomic E-state index is -0.0925. The van der Waals surface area contributed by atoms with Gasteiger partial charge in [-0.25, -0.2) is 15.0 Å². The number of pyridine rings is 1. The van der Waals surface area contributed by atoms with Crippen LogP contribution in [0.2, 0.25) is 0 Å². The van der Waals surface area contributed by atoms with Crippen molar-refractivity contribution in [3.05, 3.63) is 162 Å². The Morgan fingerprint density at radius 2 is 1.23 bits per heavy atom. The molecular weight excluding hydrogens is 841 g/mol. The molecule has 0 atom stereocenters. The molecule has 0 aliphatic carbocycles. The van der Waals surface area contributed by atoms with E-state index in [0.717, 1.165) is 106 Å². The molecule has 0 saturated carbocycles. The van der Waals surface area contributed by atoms with Gasteiger partial charge >= 0.3 is 0 Å². The zero-order chi connectivity index (χ0) is 48.5. The Kier molecular flexibility index (Phi) is 9.81. The topological polar surface area (TPSA) is 71.8 Å². The van der Waals surface area contributed by atoms with E-state index in [9.17, 15) is 5.26 Å². The third-order valence-corrected chi connectivity index (χ3v) is 14.1. The first-order valence-electron chi connectivity index (χ1n) is 24.4. The Bertz CT molecular complexity index is 3870. The predicted molar refractivity (Wildman–Crippen MR) is 289 cm³/mol. The molecular formula is C63H60N6. The molecule has 0 aliphatic heterocycles. The summed E-state index contributed by atoms with van der Waals surface area (Å²) in [5.74, 6) is 0.898. The Morgan fingerprint density at radius 1 is 0.522 bits per heavy atom. The van der Waals surface area contributed by atoms with Gasteiger partial charge in [-0.05, 0) is 128 Å². The lowest BCUT2D eigenvalue weighted by molar-refractivity contribution is 0.411. The zero-order valence-corrected chi connectivity index (χ0v) is 42.1. The first kappa shape index (κ1) is 44.2. The summed E-state index contributed by atoms with van der Waals surface area (Å²) in [6.07, 6.45) is 2.62. The van der Waals surface area contributed by atoms with Crippen molar-refractivity contribution in [3.8, 4) is 45.4 Å². The molecule has 0 radical (unpaired) electrons. The number of hydrogen-bond acceptors (Lipinski definition) is 4. The fraction of sp³-hybridized carbons (Fsp3) is 0.270. The molecule has 0 unspecified atom stereocenters. The summed E-state index contributed by atoms with van der Waals surface area (Å²) in [4.78, 5) is 15.8. The molecule has 6 nitrogen and oxygen atoms in total. The standard InChI is InChI=1S/C63H60N6/c1-60(2,3)34-38-25-50-55-54(27-38)68-53-26-37(35-64)21-23-46(53)48-30-40(31-49(58(48)68)57(55)66-36-65-50)45-19-16-20-52-56(45)67-59(41-28-43(62(7,8)9)32-44(29-41)63(10,11)12)69(52)51-24-22-42(61(4,5)6)33-47(51)39-17-14-13-15-18-39/h13-33,36H,34H2,1-12H3. The Morgan fingerprint density at radius 3 is 1.91 bits per heavy atom. The summed E-state index contributed by atoms with van der Waals surface area (Å²) in [6, 6.07) is 49.3. The zero-order valence-electron chi connectivity index (χ0n) is 42.1. The van der Waals surface area contributed by atoms with E-state index in [0.29, 0.717) is 5.56 Å². The van der Waals surface area contributed by atoms with Gasteiger partial charge < -0.3 is 4.40 Å². The first-order chi connectivity index (χ1) is 32.7. The molecule has 0 N–H and O–H groups in total. The molecule has 4 heterocycles. The molecule has 0 spiro atoms. The Hall–Kier alpha value is -7.36. The molecule has 6 heteroatoms. The molecule has 7 aromatic carbocycles. The number of para-hydroxylation sites is 1. The Labute approximate surface area is 405 Å². The largest absolute Gasteiger partial charge is 0.308 e. The van der Waals surface area contributed by atoms with Crippen LogP contribution in [0.15, 0.2) is 134 Å². The van der Waals surface area contributed by atoms with Gasteiger partial charge in [-0.15, -0.1) is 0 Å². The second kappa shape index (κ2) is 15.3. The van der Waals surface area contributed by atoms with E-state index in [-0.39, 0.29) is 21.7 Å². The van der Waals surface area contributed by atoms with Crippen LogP contribution in [-0.4, -0.2) is 23.9 Å². The van der Waals surface area contributed by atoms with Crippen molar-refractivity contribution in [1.82, 2.24) is 23.9 Å². The van der Waals surface area contributed by atoms with Gasteiger partial charge in [0.05, 0.1) is 61.3 Å². The average molecular weight is 901 g/mol. The van der Waals surface area contributed by atoms with E-state index < -0.39 is 0 Å². The third kappa shape index (κ3) is 7.42. The van der Waals surface area contributed by atoms with Crippen molar-refractivity contribution < 1.29 is 0 Å². The minimum absolute atomic E-state index is 0.0551. The molecule has 11 aromatic rings. The number of fused-ring (bicyclic) bond motifs is 6. The molecule has 342 valence electrons. The molecule has 0 aliphatic rings. The number of nitrogens with zero attached hydrogens (tertiary/aromatic N) is 6.